The Morgan fingerprint density at radius 2 is 1.77 bits per heavy atom. The standard InChI is InChI=1S/C20H17F3N4O2.C2H6/c1-27-12-16(18(26-27)20(21,22)23)19(28)25-17-6-4-3-5-15(17)14-9-7-13(8-10-14)11-24-29-2;1-2/h3-12H,1-2H3,(H,25,28);1-2H3/b24-11+;. The molecule has 0 aliphatic heterocycles. The van der Waals surface area contributed by atoms with E-state index in [1.54, 1.807) is 42.6 Å². The van der Waals surface area contributed by atoms with Gasteiger partial charge in [0.05, 0.1) is 11.8 Å². The van der Waals surface area contributed by atoms with E-state index in [0.717, 1.165) is 22.0 Å². The molecule has 0 bridgehead atoms. The zero-order chi connectivity index (χ0) is 23.0. The molecule has 0 fully saturated rings. The second kappa shape index (κ2) is 10.4. The third kappa shape index (κ3) is 5.94. The summed E-state index contributed by atoms with van der Waals surface area (Å²) in [5.41, 5.74) is 0.860. The van der Waals surface area contributed by atoms with Gasteiger partial charge in [0.1, 0.15) is 7.11 Å². The van der Waals surface area contributed by atoms with Crippen LogP contribution < -0.4 is 5.32 Å². The minimum atomic E-state index is -4.73. The molecule has 9 heteroatoms. The highest BCUT2D eigenvalue weighted by Gasteiger charge is 2.39. The fourth-order valence-electron chi connectivity index (χ4n) is 2.76. The van der Waals surface area contributed by atoms with Gasteiger partial charge in [-0.15, -0.1) is 0 Å². The van der Waals surface area contributed by atoms with Crippen LogP contribution in [-0.4, -0.2) is 29.0 Å². The molecule has 0 aliphatic carbocycles. The van der Waals surface area contributed by atoms with Crippen LogP contribution in [0.3, 0.4) is 0 Å². The molecule has 1 aromatic heterocycles. The number of aryl methyl sites for hydroxylation is 1. The smallest absolute Gasteiger partial charge is 0.399 e. The molecule has 0 spiro atoms. The lowest BCUT2D eigenvalue weighted by atomic mass is 10.0. The molecule has 6 nitrogen and oxygen atoms in total. The predicted octanol–water partition coefficient (Wildman–Crippen LogP) is 5.36. The minimum absolute atomic E-state index is 0.382. The Morgan fingerprint density at radius 1 is 1.13 bits per heavy atom. The van der Waals surface area contributed by atoms with Crippen LogP contribution in [0.2, 0.25) is 0 Å². The van der Waals surface area contributed by atoms with E-state index in [4.69, 9.17) is 0 Å². The Bertz CT molecular complexity index is 1040. The van der Waals surface area contributed by atoms with Gasteiger partial charge >= 0.3 is 6.18 Å². The third-order valence-corrected chi connectivity index (χ3v) is 4.05. The van der Waals surface area contributed by atoms with Crippen molar-refractivity contribution in [3.8, 4) is 11.1 Å². The van der Waals surface area contributed by atoms with Gasteiger partial charge in [-0.3, -0.25) is 9.48 Å². The van der Waals surface area contributed by atoms with E-state index in [0.29, 0.717) is 11.3 Å². The second-order valence-electron chi connectivity index (χ2n) is 6.10. The van der Waals surface area contributed by atoms with Gasteiger partial charge in [0.25, 0.3) is 5.91 Å². The number of carbonyl (C=O) groups is 1. The van der Waals surface area contributed by atoms with Gasteiger partial charge in [0.15, 0.2) is 5.69 Å². The molecular weight excluding hydrogens is 409 g/mol. The predicted molar refractivity (Wildman–Crippen MR) is 114 cm³/mol. The number of carbonyl (C=O) groups excluding carboxylic acids is 1. The number of anilines is 1. The summed E-state index contributed by atoms with van der Waals surface area (Å²) in [6, 6.07) is 14.1. The molecule has 3 aromatic rings. The Balaban J connectivity index is 0.00000166. The van der Waals surface area contributed by atoms with Gasteiger partial charge in [0.2, 0.25) is 0 Å². The molecule has 0 saturated heterocycles. The minimum Gasteiger partial charge on any atom is -0.399 e. The van der Waals surface area contributed by atoms with E-state index in [-0.39, 0.29) is 0 Å². The van der Waals surface area contributed by atoms with E-state index in [1.165, 1.54) is 14.2 Å². The van der Waals surface area contributed by atoms with Crippen molar-refractivity contribution in [2.24, 2.45) is 12.2 Å². The summed E-state index contributed by atoms with van der Waals surface area (Å²) in [5.74, 6) is -0.887. The van der Waals surface area contributed by atoms with Crippen molar-refractivity contribution < 1.29 is 22.8 Å². The number of hydrogen-bond acceptors (Lipinski definition) is 4. The van der Waals surface area contributed by atoms with Crippen LogP contribution in [0.25, 0.3) is 11.1 Å². The molecule has 0 unspecified atom stereocenters. The molecule has 1 N–H and O–H groups in total. The fraction of sp³-hybridized carbons (Fsp3) is 0.227. The average Bonchev–Trinajstić information content (AvgIpc) is 3.17. The van der Waals surface area contributed by atoms with E-state index in [1.807, 2.05) is 26.0 Å². The Labute approximate surface area is 178 Å². The number of oxime groups is 1. The van der Waals surface area contributed by atoms with E-state index >= 15 is 0 Å². The first-order chi connectivity index (χ1) is 14.8. The van der Waals surface area contributed by atoms with Crippen molar-refractivity contribution in [1.82, 2.24) is 9.78 Å². The quantitative estimate of drug-likeness (QED) is 0.436. The fourth-order valence-corrected chi connectivity index (χ4v) is 2.76. The van der Waals surface area contributed by atoms with Crippen molar-refractivity contribution >= 4 is 17.8 Å². The average molecular weight is 432 g/mol. The number of aromatic nitrogens is 2. The number of alkyl halides is 3. The lowest BCUT2D eigenvalue weighted by molar-refractivity contribution is -0.141. The Morgan fingerprint density at radius 3 is 2.39 bits per heavy atom. The van der Waals surface area contributed by atoms with Crippen LogP contribution in [0.15, 0.2) is 59.9 Å². The Kier molecular flexibility index (Phi) is 7.95. The summed E-state index contributed by atoms with van der Waals surface area (Å²) < 4.78 is 40.4. The lowest BCUT2D eigenvalue weighted by Crippen LogP contribution is -2.18. The summed E-state index contributed by atoms with van der Waals surface area (Å²) in [4.78, 5) is 17.2. The first-order valence-corrected chi connectivity index (χ1v) is 9.48. The van der Waals surface area contributed by atoms with Crippen molar-refractivity contribution in [2.75, 3.05) is 12.4 Å². The molecule has 3 rings (SSSR count). The zero-order valence-electron chi connectivity index (χ0n) is 17.6. The molecule has 0 atom stereocenters. The largest absolute Gasteiger partial charge is 0.435 e. The highest BCUT2D eigenvalue weighted by Crippen LogP contribution is 2.32. The Hall–Kier alpha value is -3.62. The molecule has 164 valence electrons. The number of amides is 1. The molecule has 0 aliphatic rings. The van der Waals surface area contributed by atoms with Gasteiger partial charge < -0.3 is 10.2 Å². The number of nitrogens with zero attached hydrogens (tertiary/aromatic N) is 3. The van der Waals surface area contributed by atoms with Gasteiger partial charge in [-0.05, 0) is 17.2 Å². The van der Waals surface area contributed by atoms with Crippen molar-refractivity contribution in [2.45, 2.75) is 20.0 Å². The molecule has 1 amide bonds. The highest BCUT2D eigenvalue weighted by atomic mass is 19.4. The summed E-state index contributed by atoms with van der Waals surface area (Å²) in [7, 11) is 2.77. The molecule has 2 aromatic carbocycles. The summed E-state index contributed by atoms with van der Waals surface area (Å²) in [5, 5.41) is 9.61. The highest BCUT2D eigenvalue weighted by molar-refractivity contribution is 6.07. The zero-order valence-corrected chi connectivity index (χ0v) is 17.6. The molecule has 1 heterocycles. The summed E-state index contributed by atoms with van der Waals surface area (Å²) in [6.07, 6.45) is -2.14. The van der Waals surface area contributed by atoms with Crippen molar-refractivity contribution in [1.29, 1.82) is 0 Å². The van der Waals surface area contributed by atoms with Crippen molar-refractivity contribution in [3.05, 3.63) is 71.5 Å². The number of hydrogen-bond donors (Lipinski definition) is 1. The number of nitrogens with one attached hydrogen (secondary N) is 1. The van der Waals surface area contributed by atoms with Crippen LogP contribution in [0, 0.1) is 0 Å². The first-order valence-electron chi connectivity index (χ1n) is 9.48. The van der Waals surface area contributed by atoms with Crippen LogP contribution in [-0.2, 0) is 18.1 Å². The first kappa shape index (κ1) is 23.7. The maximum absolute atomic E-state index is 13.2. The molecule has 31 heavy (non-hydrogen) atoms. The van der Waals surface area contributed by atoms with E-state index in [9.17, 15) is 18.0 Å². The second-order valence-corrected chi connectivity index (χ2v) is 6.10. The maximum Gasteiger partial charge on any atom is 0.435 e. The number of para-hydroxylation sites is 1. The van der Waals surface area contributed by atoms with Crippen LogP contribution in [0.5, 0.6) is 0 Å². The lowest BCUT2D eigenvalue weighted by Gasteiger charge is -2.12. The maximum atomic E-state index is 13.2. The van der Waals surface area contributed by atoms with E-state index < -0.39 is 23.3 Å². The topological polar surface area (TPSA) is 68.5 Å². The molecule has 0 saturated carbocycles. The van der Waals surface area contributed by atoms with Crippen molar-refractivity contribution in [3.63, 3.8) is 0 Å². The van der Waals surface area contributed by atoms with Crippen LogP contribution in [0.4, 0.5) is 18.9 Å². The number of rotatable bonds is 5. The van der Waals surface area contributed by atoms with Gasteiger partial charge in [-0.1, -0.05) is 61.5 Å². The van der Waals surface area contributed by atoms with Gasteiger partial charge in [-0.25, -0.2) is 0 Å². The monoisotopic (exact) mass is 432 g/mol. The number of halogens is 3. The normalized spacial score (nSPS) is 11.1. The third-order valence-electron chi connectivity index (χ3n) is 4.05. The van der Waals surface area contributed by atoms with Crippen LogP contribution >= 0.6 is 0 Å². The molecular formula is C22H23F3N4O2. The van der Waals surface area contributed by atoms with Gasteiger partial charge in [0, 0.05) is 24.5 Å². The number of benzene rings is 2. The SMILES string of the molecule is CC.CO/N=C/c1ccc(-c2ccccc2NC(=O)c2cn(C)nc2C(F)(F)F)cc1. The molecule has 0 radical (unpaired) electrons. The van der Waals surface area contributed by atoms with Crippen LogP contribution in [0.1, 0.15) is 35.5 Å². The summed E-state index contributed by atoms with van der Waals surface area (Å²) >= 11 is 0. The van der Waals surface area contributed by atoms with E-state index in [2.05, 4.69) is 20.4 Å². The summed E-state index contributed by atoms with van der Waals surface area (Å²) in [6.45, 7) is 4.00. The van der Waals surface area contributed by atoms with Gasteiger partial charge in [-0.2, -0.15) is 18.3 Å².